The molecule has 0 radical (unpaired) electrons. The third-order valence-electron chi connectivity index (χ3n) is 2.48. The fraction of sp³-hybridized carbons (Fsp3) is 0.143. The highest BCUT2D eigenvalue weighted by atomic mass is 35.5. The zero-order chi connectivity index (χ0) is 12.3. The third kappa shape index (κ3) is 3.14. The lowest BCUT2D eigenvalue weighted by molar-refractivity contribution is 0.0992. The smallest absolute Gasteiger partial charge is 0.168 e. The van der Waals surface area contributed by atoms with E-state index in [9.17, 15) is 4.79 Å². The number of nitrogens with zero attached hydrogens (tertiary/aromatic N) is 1. The van der Waals surface area contributed by atoms with Crippen molar-refractivity contribution in [2.75, 3.05) is 0 Å². The van der Waals surface area contributed by atoms with Crippen molar-refractivity contribution in [3.8, 4) is 0 Å². The maximum absolute atomic E-state index is 11.9. The van der Waals surface area contributed by atoms with Gasteiger partial charge >= 0.3 is 0 Å². The van der Waals surface area contributed by atoms with Crippen molar-refractivity contribution in [3.05, 3.63) is 64.4 Å². The fourth-order valence-corrected chi connectivity index (χ4v) is 1.63. The standard InChI is InChI=1S/C14H12ClNO/c1-10-2-7-13(16-9-10)8-14(17)11-3-5-12(15)6-4-11/h2-7,9H,8H2,1H3. The molecule has 3 heteroatoms. The monoisotopic (exact) mass is 245 g/mol. The van der Waals surface area contributed by atoms with Crippen LogP contribution in [0.15, 0.2) is 42.6 Å². The highest BCUT2D eigenvalue weighted by molar-refractivity contribution is 6.30. The number of pyridine rings is 1. The predicted molar refractivity (Wildman–Crippen MR) is 68.5 cm³/mol. The zero-order valence-corrected chi connectivity index (χ0v) is 10.2. The molecule has 86 valence electrons. The second-order valence-electron chi connectivity index (χ2n) is 3.93. The maximum atomic E-state index is 11.9. The van der Waals surface area contributed by atoms with Crippen LogP contribution in [0.3, 0.4) is 0 Å². The van der Waals surface area contributed by atoms with Crippen molar-refractivity contribution in [2.45, 2.75) is 13.3 Å². The van der Waals surface area contributed by atoms with E-state index in [0.29, 0.717) is 17.0 Å². The van der Waals surface area contributed by atoms with Gasteiger partial charge in [-0.2, -0.15) is 0 Å². The Morgan fingerprint density at radius 3 is 2.47 bits per heavy atom. The number of aromatic nitrogens is 1. The number of carbonyl (C=O) groups is 1. The molecule has 1 aromatic carbocycles. The molecule has 0 aliphatic rings. The Balaban J connectivity index is 2.11. The number of aryl methyl sites for hydroxylation is 1. The molecule has 0 amide bonds. The summed E-state index contributed by atoms with van der Waals surface area (Å²) in [5, 5.41) is 0.634. The van der Waals surface area contributed by atoms with Crippen LogP contribution in [0.4, 0.5) is 0 Å². The van der Waals surface area contributed by atoms with Gasteiger partial charge in [0.05, 0.1) is 6.42 Å². The van der Waals surface area contributed by atoms with Gasteiger partial charge in [0.25, 0.3) is 0 Å². The minimum atomic E-state index is 0.0537. The Labute approximate surface area is 105 Å². The second kappa shape index (κ2) is 5.11. The molecule has 1 aromatic heterocycles. The molecule has 0 aliphatic carbocycles. The van der Waals surface area contributed by atoms with E-state index in [1.165, 1.54) is 0 Å². The molecule has 0 atom stereocenters. The van der Waals surface area contributed by atoms with Gasteiger partial charge < -0.3 is 0 Å². The summed E-state index contributed by atoms with van der Waals surface area (Å²) in [5.41, 5.74) is 2.54. The summed E-state index contributed by atoms with van der Waals surface area (Å²) >= 11 is 5.77. The van der Waals surface area contributed by atoms with Crippen molar-refractivity contribution in [3.63, 3.8) is 0 Å². The molecular weight excluding hydrogens is 234 g/mol. The summed E-state index contributed by atoms with van der Waals surface area (Å²) in [7, 11) is 0. The molecule has 2 rings (SSSR count). The summed E-state index contributed by atoms with van der Waals surface area (Å²) in [6, 6.07) is 10.7. The molecule has 0 saturated heterocycles. The van der Waals surface area contributed by atoms with Crippen LogP contribution < -0.4 is 0 Å². The topological polar surface area (TPSA) is 30.0 Å². The van der Waals surface area contributed by atoms with Crippen molar-refractivity contribution in [2.24, 2.45) is 0 Å². The molecule has 0 aliphatic heterocycles. The maximum Gasteiger partial charge on any atom is 0.168 e. The summed E-state index contributed by atoms with van der Waals surface area (Å²) < 4.78 is 0. The van der Waals surface area contributed by atoms with E-state index >= 15 is 0 Å². The van der Waals surface area contributed by atoms with Crippen LogP contribution in [0.1, 0.15) is 21.6 Å². The third-order valence-corrected chi connectivity index (χ3v) is 2.73. The Kier molecular flexibility index (Phi) is 3.55. The number of benzene rings is 1. The lowest BCUT2D eigenvalue weighted by Crippen LogP contribution is -2.04. The van der Waals surface area contributed by atoms with Crippen LogP contribution in [0, 0.1) is 6.92 Å². The number of Topliss-reactive ketones (excluding diaryl/α,β-unsaturated/α-hetero) is 1. The van der Waals surface area contributed by atoms with Crippen LogP contribution in [0.2, 0.25) is 5.02 Å². The molecule has 0 saturated carbocycles. The van der Waals surface area contributed by atoms with Crippen LogP contribution >= 0.6 is 11.6 Å². The SMILES string of the molecule is Cc1ccc(CC(=O)c2ccc(Cl)cc2)nc1. The first-order valence-electron chi connectivity index (χ1n) is 5.35. The highest BCUT2D eigenvalue weighted by Crippen LogP contribution is 2.11. The second-order valence-corrected chi connectivity index (χ2v) is 4.37. The first kappa shape index (κ1) is 11.8. The molecule has 0 unspecified atom stereocenters. The predicted octanol–water partition coefficient (Wildman–Crippen LogP) is 3.47. The van der Waals surface area contributed by atoms with Gasteiger partial charge in [0.2, 0.25) is 0 Å². The summed E-state index contributed by atoms with van der Waals surface area (Å²) in [6.45, 7) is 1.97. The number of carbonyl (C=O) groups excluding carboxylic acids is 1. The zero-order valence-electron chi connectivity index (χ0n) is 9.48. The average molecular weight is 246 g/mol. The van der Waals surface area contributed by atoms with Crippen LogP contribution in [-0.4, -0.2) is 10.8 Å². The summed E-state index contributed by atoms with van der Waals surface area (Å²) in [6.07, 6.45) is 2.09. The lowest BCUT2D eigenvalue weighted by Gasteiger charge is -2.01. The van der Waals surface area contributed by atoms with Crippen LogP contribution in [0.25, 0.3) is 0 Å². The molecule has 0 fully saturated rings. The average Bonchev–Trinajstić information content (AvgIpc) is 2.33. The molecule has 2 nitrogen and oxygen atoms in total. The quantitative estimate of drug-likeness (QED) is 0.775. The molecule has 2 aromatic rings. The highest BCUT2D eigenvalue weighted by Gasteiger charge is 2.07. The largest absolute Gasteiger partial charge is 0.294 e. The Hall–Kier alpha value is -1.67. The van der Waals surface area contributed by atoms with Gasteiger partial charge in [-0.15, -0.1) is 0 Å². The van der Waals surface area contributed by atoms with Crippen molar-refractivity contribution in [1.29, 1.82) is 0 Å². The first-order chi connectivity index (χ1) is 8.15. The summed E-state index contributed by atoms with van der Waals surface area (Å²) in [5.74, 6) is 0.0537. The van der Waals surface area contributed by atoms with Gasteiger partial charge in [0.15, 0.2) is 5.78 Å². The van der Waals surface area contributed by atoms with Gasteiger partial charge in [-0.3, -0.25) is 9.78 Å². The van der Waals surface area contributed by atoms with E-state index in [2.05, 4.69) is 4.98 Å². The summed E-state index contributed by atoms with van der Waals surface area (Å²) in [4.78, 5) is 16.1. The Morgan fingerprint density at radius 1 is 1.18 bits per heavy atom. The van der Waals surface area contributed by atoms with Gasteiger partial charge in [-0.25, -0.2) is 0 Å². The van der Waals surface area contributed by atoms with Gasteiger partial charge in [-0.1, -0.05) is 17.7 Å². The van der Waals surface area contributed by atoms with Crippen molar-refractivity contribution < 1.29 is 4.79 Å². The van der Waals surface area contributed by atoms with E-state index in [4.69, 9.17) is 11.6 Å². The molecule has 17 heavy (non-hydrogen) atoms. The first-order valence-corrected chi connectivity index (χ1v) is 5.73. The van der Waals surface area contributed by atoms with E-state index in [1.807, 2.05) is 19.1 Å². The number of hydrogen-bond donors (Lipinski definition) is 0. The molecular formula is C14H12ClNO. The van der Waals surface area contributed by atoms with E-state index < -0.39 is 0 Å². The van der Waals surface area contributed by atoms with Gasteiger partial charge in [0, 0.05) is 22.5 Å². The number of ketones is 1. The minimum absolute atomic E-state index is 0.0537. The van der Waals surface area contributed by atoms with Crippen LogP contribution in [-0.2, 0) is 6.42 Å². The number of rotatable bonds is 3. The van der Waals surface area contributed by atoms with Crippen molar-refractivity contribution in [1.82, 2.24) is 4.98 Å². The molecule has 0 bridgehead atoms. The molecule has 0 spiro atoms. The molecule has 0 N–H and O–H groups in total. The van der Waals surface area contributed by atoms with E-state index in [0.717, 1.165) is 11.3 Å². The number of hydrogen-bond acceptors (Lipinski definition) is 2. The molecule has 1 heterocycles. The number of halogens is 1. The van der Waals surface area contributed by atoms with Crippen LogP contribution in [0.5, 0.6) is 0 Å². The van der Waals surface area contributed by atoms with E-state index in [-0.39, 0.29) is 5.78 Å². The lowest BCUT2D eigenvalue weighted by atomic mass is 10.1. The fourth-order valence-electron chi connectivity index (χ4n) is 1.51. The van der Waals surface area contributed by atoms with Gasteiger partial charge in [0.1, 0.15) is 0 Å². The Morgan fingerprint density at radius 2 is 1.88 bits per heavy atom. The normalized spacial score (nSPS) is 10.2. The minimum Gasteiger partial charge on any atom is -0.294 e. The van der Waals surface area contributed by atoms with Crippen molar-refractivity contribution >= 4 is 17.4 Å². The van der Waals surface area contributed by atoms with E-state index in [1.54, 1.807) is 30.5 Å². The Bertz CT molecular complexity index is 517. The van der Waals surface area contributed by atoms with Gasteiger partial charge in [-0.05, 0) is 42.8 Å².